The number of nitriles is 1. The van der Waals surface area contributed by atoms with Crippen molar-refractivity contribution in [2.45, 2.75) is 4.90 Å². The van der Waals surface area contributed by atoms with Crippen molar-refractivity contribution in [2.75, 3.05) is 0 Å². The summed E-state index contributed by atoms with van der Waals surface area (Å²) in [4.78, 5) is 7.92. The van der Waals surface area contributed by atoms with Crippen LogP contribution in [0, 0.1) is 11.3 Å². The smallest absolute Gasteiger partial charge is 0.263 e. The monoisotopic (exact) mass is 284 g/mol. The van der Waals surface area contributed by atoms with Crippen LogP contribution in [0.1, 0.15) is 5.56 Å². The summed E-state index contributed by atoms with van der Waals surface area (Å²) < 4.78 is 26.1. The number of rotatable bonds is 2. The van der Waals surface area contributed by atoms with Gasteiger partial charge in [-0.15, -0.1) is 0 Å². The molecule has 0 unspecified atom stereocenters. The summed E-state index contributed by atoms with van der Waals surface area (Å²) in [5.74, 6) is 0. The van der Waals surface area contributed by atoms with Crippen molar-refractivity contribution in [3.05, 3.63) is 54.6 Å². The fourth-order valence-electron chi connectivity index (χ4n) is 1.86. The van der Waals surface area contributed by atoms with E-state index in [4.69, 9.17) is 5.26 Å². The zero-order valence-corrected chi connectivity index (χ0v) is 10.9. The quantitative estimate of drug-likeness (QED) is 0.712. The Bertz CT molecular complexity index is 924. The van der Waals surface area contributed by atoms with E-state index >= 15 is 0 Å². The Kier molecular flexibility index (Phi) is 2.73. The Balaban J connectivity index is 2.28. The maximum Gasteiger partial charge on any atom is 0.271 e. The highest BCUT2D eigenvalue weighted by molar-refractivity contribution is 7.90. The van der Waals surface area contributed by atoms with E-state index in [1.54, 1.807) is 18.2 Å². The fraction of sp³-hybridized carbons (Fsp3) is 0. The molecule has 0 amide bonds. The third-order valence-electron chi connectivity index (χ3n) is 2.83. The molecule has 0 spiro atoms. The summed E-state index contributed by atoms with van der Waals surface area (Å²) in [6.07, 6.45) is 4.00. The van der Waals surface area contributed by atoms with Crippen LogP contribution in [0.3, 0.4) is 0 Å². The van der Waals surface area contributed by atoms with E-state index in [-0.39, 0.29) is 4.90 Å². The van der Waals surface area contributed by atoms with Crippen LogP contribution in [0.25, 0.3) is 11.0 Å². The summed E-state index contributed by atoms with van der Waals surface area (Å²) in [7, 11) is -3.76. The minimum Gasteiger partial charge on any atom is -0.263 e. The third kappa shape index (κ3) is 1.83. The van der Waals surface area contributed by atoms with E-state index in [0.29, 0.717) is 16.6 Å². The lowest BCUT2D eigenvalue weighted by Gasteiger charge is -2.05. The molecular weight excluding hydrogens is 276 g/mol. The van der Waals surface area contributed by atoms with Gasteiger partial charge in [0.05, 0.1) is 22.7 Å². The Morgan fingerprint density at radius 2 is 2.10 bits per heavy atom. The summed E-state index contributed by atoms with van der Waals surface area (Å²) in [5, 5.41) is 8.91. The first-order valence-corrected chi connectivity index (χ1v) is 7.10. The SMILES string of the molecule is N#Cc1ccc2ncn(S(=O)(=O)c3cccnc3)c2c1. The van der Waals surface area contributed by atoms with Gasteiger partial charge in [0.1, 0.15) is 11.2 Å². The lowest BCUT2D eigenvalue weighted by molar-refractivity contribution is 0.588. The van der Waals surface area contributed by atoms with E-state index in [9.17, 15) is 8.42 Å². The fourth-order valence-corrected chi connectivity index (χ4v) is 3.11. The summed E-state index contributed by atoms with van der Waals surface area (Å²) >= 11 is 0. The van der Waals surface area contributed by atoms with Crippen molar-refractivity contribution in [2.24, 2.45) is 0 Å². The van der Waals surface area contributed by atoms with Gasteiger partial charge in [-0.3, -0.25) is 4.98 Å². The molecule has 0 N–H and O–H groups in total. The van der Waals surface area contributed by atoms with Crippen molar-refractivity contribution in [3.63, 3.8) is 0 Å². The Hall–Kier alpha value is -2.72. The van der Waals surface area contributed by atoms with Gasteiger partial charge >= 0.3 is 0 Å². The highest BCUT2D eigenvalue weighted by Gasteiger charge is 2.19. The van der Waals surface area contributed by atoms with Gasteiger partial charge in [-0.25, -0.2) is 17.4 Å². The second-order valence-corrected chi connectivity index (χ2v) is 5.86. The molecule has 3 aromatic rings. The molecule has 1 aromatic carbocycles. The standard InChI is InChI=1S/C13H8N4O2S/c14-7-10-3-4-12-13(6-10)17(9-16-12)20(18,19)11-2-1-5-15-8-11/h1-6,8-9H. The van der Waals surface area contributed by atoms with Crippen LogP contribution in [0.4, 0.5) is 0 Å². The molecule has 0 saturated heterocycles. The highest BCUT2D eigenvalue weighted by Crippen LogP contribution is 2.20. The van der Waals surface area contributed by atoms with E-state index in [1.807, 2.05) is 6.07 Å². The number of imidazole rings is 1. The normalized spacial score (nSPS) is 11.3. The van der Waals surface area contributed by atoms with Gasteiger partial charge < -0.3 is 0 Å². The number of aromatic nitrogens is 3. The number of hydrogen-bond donors (Lipinski definition) is 0. The van der Waals surface area contributed by atoms with Crippen molar-refractivity contribution >= 4 is 21.1 Å². The molecule has 0 aliphatic heterocycles. The van der Waals surface area contributed by atoms with Crippen LogP contribution in [0.5, 0.6) is 0 Å². The summed E-state index contributed by atoms with van der Waals surface area (Å²) in [6, 6.07) is 9.69. The molecule has 2 heterocycles. The molecule has 6 nitrogen and oxygen atoms in total. The molecule has 0 atom stereocenters. The van der Waals surface area contributed by atoms with Crippen molar-refractivity contribution in [1.29, 1.82) is 5.26 Å². The number of benzene rings is 1. The predicted molar refractivity (Wildman–Crippen MR) is 71.3 cm³/mol. The van der Waals surface area contributed by atoms with Gasteiger partial charge in [0, 0.05) is 12.4 Å². The zero-order chi connectivity index (χ0) is 14.2. The lowest BCUT2D eigenvalue weighted by Crippen LogP contribution is -2.12. The van der Waals surface area contributed by atoms with Gasteiger partial charge in [-0.1, -0.05) is 0 Å². The van der Waals surface area contributed by atoms with Gasteiger partial charge in [0.2, 0.25) is 0 Å². The number of hydrogen-bond acceptors (Lipinski definition) is 5. The Labute approximate surface area is 115 Å². The average molecular weight is 284 g/mol. The molecule has 0 radical (unpaired) electrons. The molecule has 2 aromatic heterocycles. The van der Waals surface area contributed by atoms with E-state index in [0.717, 1.165) is 3.97 Å². The van der Waals surface area contributed by atoms with Crippen LogP contribution < -0.4 is 0 Å². The number of nitrogens with zero attached hydrogens (tertiary/aromatic N) is 4. The summed E-state index contributed by atoms with van der Waals surface area (Å²) in [6.45, 7) is 0. The molecule has 3 rings (SSSR count). The molecule has 0 saturated carbocycles. The first-order chi connectivity index (χ1) is 9.63. The van der Waals surface area contributed by atoms with Crippen LogP contribution in [-0.2, 0) is 10.0 Å². The lowest BCUT2D eigenvalue weighted by atomic mass is 10.2. The van der Waals surface area contributed by atoms with Gasteiger partial charge in [0.15, 0.2) is 0 Å². The predicted octanol–water partition coefficient (Wildman–Crippen LogP) is 1.54. The van der Waals surface area contributed by atoms with Gasteiger partial charge in [0.25, 0.3) is 10.0 Å². The highest BCUT2D eigenvalue weighted by atomic mass is 32.2. The van der Waals surface area contributed by atoms with Crippen molar-refractivity contribution in [1.82, 2.24) is 13.9 Å². The van der Waals surface area contributed by atoms with E-state index in [1.165, 1.54) is 30.9 Å². The van der Waals surface area contributed by atoms with E-state index < -0.39 is 10.0 Å². The topological polar surface area (TPSA) is 88.6 Å². The third-order valence-corrected chi connectivity index (χ3v) is 4.48. The minimum absolute atomic E-state index is 0.0710. The van der Waals surface area contributed by atoms with Crippen LogP contribution in [0.15, 0.2) is 53.9 Å². The molecular formula is C13H8N4O2S. The van der Waals surface area contributed by atoms with Gasteiger partial charge in [-0.2, -0.15) is 5.26 Å². The maximum atomic E-state index is 12.5. The molecule has 20 heavy (non-hydrogen) atoms. The number of pyridine rings is 1. The minimum atomic E-state index is -3.76. The molecule has 98 valence electrons. The van der Waals surface area contributed by atoms with E-state index in [2.05, 4.69) is 9.97 Å². The Morgan fingerprint density at radius 1 is 1.25 bits per heavy atom. The van der Waals surface area contributed by atoms with Crippen molar-refractivity contribution in [3.8, 4) is 6.07 Å². The largest absolute Gasteiger partial charge is 0.271 e. The average Bonchev–Trinajstić information content (AvgIpc) is 2.91. The second-order valence-electron chi connectivity index (χ2n) is 4.05. The number of fused-ring (bicyclic) bond motifs is 1. The maximum absolute atomic E-state index is 12.5. The molecule has 0 fully saturated rings. The molecule has 0 aliphatic rings. The molecule has 0 bridgehead atoms. The van der Waals surface area contributed by atoms with Crippen LogP contribution in [-0.4, -0.2) is 22.4 Å². The zero-order valence-electron chi connectivity index (χ0n) is 10.1. The van der Waals surface area contributed by atoms with Crippen LogP contribution >= 0.6 is 0 Å². The van der Waals surface area contributed by atoms with Crippen LogP contribution in [0.2, 0.25) is 0 Å². The van der Waals surface area contributed by atoms with Gasteiger partial charge in [-0.05, 0) is 30.3 Å². The second kappa shape index (κ2) is 4.43. The first kappa shape index (κ1) is 12.3. The molecule has 7 heteroatoms. The summed E-state index contributed by atoms with van der Waals surface area (Å²) in [5.41, 5.74) is 1.25. The first-order valence-electron chi connectivity index (χ1n) is 5.66. The Morgan fingerprint density at radius 3 is 2.80 bits per heavy atom. The van der Waals surface area contributed by atoms with Crippen molar-refractivity contribution < 1.29 is 8.42 Å². The molecule has 0 aliphatic carbocycles.